The van der Waals surface area contributed by atoms with Crippen molar-refractivity contribution in [2.45, 2.75) is 0 Å². The van der Waals surface area contributed by atoms with Gasteiger partial charge >= 0.3 is 7.75 Å². The van der Waals surface area contributed by atoms with Gasteiger partial charge in [-0.05, 0) is 0 Å². The lowest BCUT2D eigenvalue weighted by Gasteiger charge is -1.84. The molecule has 9 heteroatoms. The maximum absolute atomic E-state index is 9.85. The van der Waals surface area contributed by atoms with E-state index in [1.54, 1.807) is 0 Å². The first kappa shape index (κ1) is 11.8. The quantitative estimate of drug-likeness (QED) is 0.290. The number of nitro groups is 1. The molecule has 0 fully saturated rings. The summed E-state index contributed by atoms with van der Waals surface area (Å²) in [6.45, 7) is 0. The number of aromatic amines is 1. The Bertz CT molecular complexity index is 295. The SMILES string of the molecule is NP(=O)(O)O.O=[N+]([O-])c1cc[nH]c1. The van der Waals surface area contributed by atoms with E-state index in [0.717, 1.165) is 0 Å². The highest BCUT2D eigenvalue weighted by Crippen LogP contribution is 2.20. The fourth-order valence-corrected chi connectivity index (χ4v) is 0.429. The Labute approximate surface area is 72.7 Å². The molecule has 0 amide bonds. The van der Waals surface area contributed by atoms with Crippen LogP contribution in [0.25, 0.3) is 0 Å². The Morgan fingerprint density at radius 3 is 2.23 bits per heavy atom. The zero-order chi connectivity index (χ0) is 10.5. The number of nitrogens with one attached hydrogen (secondary N) is 1. The van der Waals surface area contributed by atoms with Gasteiger partial charge in [-0.25, -0.2) is 10.1 Å². The van der Waals surface area contributed by atoms with Crippen molar-refractivity contribution in [3.8, 4) is 0 Å². The van der Waals surface area contributed by atoms with E-state index in [4.69, 9.17) is 14.4 Å². The molecule has 0 aliphatic carbocycles. The van der Waals surface area contributed by atoms with Crippen molar-refractivity contribution in [2.75, 3.05) is 0 Å². The predicted octanol–water partition coefficient (Wildman–Crippen LogP) is -0.0393. The molecule has 0 aliphatic rings. The Balaban J connectivity index is 0.000000252. The van der Waals surface area contributed by atoms with E-state index in [2.05, 4.69) is 10.5 Å². The Morgan fingerprint density at radius 2 is 2.08 bits per heavy atom. The highest BCUT2D eigenvalue weighted by atomic mass is 31.2. The summed E-state index contributed by atoms with van der Waals surface area (Å²) >= 11 is 0. The number of nitrogens with zero attached hydrogens (tertiary/aromatic N) is 1. The molecule has 0 aromatic carbocycles. The predicted molar refractivity (Wildman–Crippen MR) is 43.7 cm³/mol. The molecular weight excluding hydrogens is 201 g/mol. The van der Waals surface area contributed by atoms with E-state index < -0.39 is 12.7 Å². The number of aromatic nitrogens is 1. The van der Waals surface area contributed by atoms with Crippen LogP contribution in [0.4, 0.5) is 5.69 Å². The average molecular weight is 209 g/mol. The minimum absolute atomic E-state index is 0.102. The van der Waals surface area contributed by atoms with Crippen LogP contribution >= 0.6 is 7.75 Å². The topological polar surface area (TPSA) is 142 Å². The van der Waals surface area contributed by atoms with E-state index >= 15 is 0 Å². The van der Waals surface area contributed by atoms with Crippen LogP contribution < -0.4 is 5.50 Å². The van der Waals surface area contributed by atoms with E-state index in [0.29, 0.717) is 0 Å². The van der Waals surface area contributed by atoms with Crippen molar-refractivity contribution >= 4 is 13.4 Å². The van der Waals surface area contributed by atoms with Gasteiger partial charge in [-0.1, -0.05) is 0 Å². The third-order valence-corrected chi connectivity index (χ3v) is 0.792. The fourth-order valence-electron chi connectivity index (χ4n) is 0.429. The largest absolute Gasteiger partial charge is 0.397 e. The van der Waals surface area contributed by atoms with Gasteiger partial charge in [-0.15, -0.1) is 0 Å². The lowest BCUT2D eigenvalue weighted by Crippen LogP contribution is -1.87. The third-order valence-electron chi connectivity index (χ3n) is 0.792. The molecule has 0 spiro atoms. The van der Waals surface area contributed by atoms with E-state index in [1.165, 1.54) is 18.5 Å². The molecule has 0 bridgehead atoms. The van der Waals surface area contributed by atoms with Crippen LogP contribution in [0, 0.1) is 10.1 Å². The lowest BCUT2D eigenvalue weighted by atomic mass is 10.6. The summed E-state index contributed by atoms with van der Waals surface area (Å²) in [5, 5.41) is 9.85. The fraction of sp³-hybridized carbons (Fsp3) is 0. The average Bonchev–Trinajstić information content (AvgIpc) is 2.31. The molecule has 0 unspecified atom stereocenters. The van der Waals surface area contributed by atoms with Crippen LogP contribution in [-0.4, -0.2) is 19.7 Å². The van der Waals surface area contributed by atoms with Crippen molar-refractivity contribution in [2.24, 2.45) is 5.50 Å². The van der Waals surface area contributed by atoms with Crippen molar-refractivity contribution < 1.29 is 19.3 Å². The van der Waals surface area contributed by atoms with Gasteiger partial charge in [0.15, 0.2) is 0 Å². The van der Waals surface area contributed by atoms with Crippen LogP contribution in [0.2, 0.25) is 0 Å². The second-order valence-electron chi connectivity index (χ2n) is 1.92. The standard InChI is InChI=1S/C4H4N2O2.H4NO3P/c7-6(8)4-1-2-5-3-4;1-5(2,3)4/h1-3,5H;(H4,1,2,3,4). The zero-order valence-electron chi connectivity index (χ0n) is 6.32. The smallest absolute Gasteiger partial charge is 0.362 e. The van der Waals surface area contributed by atoms with Crippen LogP contribution in [0.3, 0.4) is 0 Å². The van der Waals surface area contributed by atoms with Gasteiger partial charge in [-0.3, -0.25) is 10.1 Å². The first-order valence-corrected chi connectivity index (χ1v) is 4.60. The number of hydrogen-bond acceptors (Lipinski definition) is 3. The monoisotopic (exact) mass is 209 g/mol. The van der Waals surface area contributed by atoms with Crippen molar-refractivity contribution in [1.82, 2.24) is 4.98 Å². The Hall–Kier alpha value is -1.21. The number of hydrogen-bond donors (Lipinski definition) is 4. The molecule has 5 N–H and O–H groups in total. The molecule has 0 saturated carbocycles. The van der Waals surface area contributed by atoms with Crippen LogP contribution in [0.1, 0.15) is 0 Å². The molecule has 0 atom stereocenters. The molecule has 1 heterocycles. The molecule has 13 heavy (non-hydrogen) atoms. The zero-order valence-corrected chi connectivity index (χ0v) is 7.22. The van der Waals surface area contributed by atoms with Gasteiger partial charge in [0.05, 0.1) is 11.1 Å². The van der Waals surface area contributed by atoms with Crippen molar-refractivity contribution in [3.63, 3.8) is 0 Å². The maximum atomic E-state index is 9.85. The van der Waals surface area contributed by atoms with Crippen molar-refractivity contribution in [1.29, 1.82) is 0 Å². The van der Waals surface area contributed by atoms with Crippen LogP contribution in [0.5, 0.6) is 0 Å². The van der Waals surface area contributed by atoms with Crippen molar-refractivity contribution in [3.05, 3.63) is 28.6 Å². The maximum Gasteiger partial charge on any atom is 0.397 e. The highest BCUT2D eigenvalue weighted by Gasteiger charge is 2.00. The number of H-pyrrole nitrogens is 1. The summed E-state index contributed by atoms with van der Waals surface area (Å²) in [7, 11) is -4.14. The molecule has 0 radical (unpaired) electrons. The van der Waals surface area contributed by atoms with Gasteiger partial charge < -0.3 is 14.8 Å². The Morgan fingerprint density at radius 1 is 1.62 bits per heavy atom. The van der Waals surface area contributed by atoms with Gasteiger partial charge in [0, 0.05) is 12.3 Å². The van der Waals surface area contributed by atoms with Gasteiger partial charge in [-0.2, -0.15) is 0 Å². The summed E-state index contributed by atoms with van der Waals surface area (Å²) in [6.07, 6.45) is 2.85. The lowest BCUT2D eigenvalue weighted by molar-refractivity contribution is -0.384. The molecule has 1 rings (SSSR count). The van der Waals surface area contributed by atoms with Crippen LogP contribution in [0.15, 0.2) is 18.5 Å². The second-order valence-corrected chi connectivity index (χ2v) is 3.09. The molecule has 1 aromatic rings. The number of rotatable bonds is 1. The normalized spacial score (nSPS) is 10.1. The molecular formula is C4H8N3O5P. The van der Waals surface area contributed by atoms with E-state index in [1.807, 2.05) is 0 Å². The Kier molecular flexibility index (Phi) is 4.29. The number of nitrogens with two attached hydrogens (primary N) is 1. The highest BCUT2D eigenvalue weighted by molar-refractivity contribution is 7.49. The first-order chi connectivity index (χ1) is 5.80. The van der Waals surface area contributed by atoms with E-state index in [-0.39, 0.29) is 5.69 Å². The second kappa shape index (κ2) is 4.73. The summed E-state index contributed by atoms with van der Waals surface area (Å²) < 4.78 is 9.10. The van der Waals surface area contributed by atoms with Crippen LogP contribution in [-0.2, 0) is 4.57 Å². The van der Waals surface area contributed by atoms with E-state index in [9.17, 15) is 10.1 Å². The summed E-state index contributed by atoms with van der Waals surface area (Å²) in [5.74, 6) is 0. The summed E-state index contributed by atoms with van der Waals surface area (Å²) in [4.78, 5) is 26.8. The first-order valence-electron chi connectivity index (χ1n) is 2.92. The van der Waals surface area contributed by atoms with Gasteiger partial charge in [0.2, 0.25) is 0 Å². The van der Waals surface area contributed by atoms with Gasteiger partial charge in [0.1, 0.15) is 0 Å². The molecule has 1 aromatic heterocycles. The molecule has 74 valence electrons. The minimum atomic E-state index is -4.14. The molecule has 0 saturated heterocycles. The summed E-state index contributed by atoms with van der Waals surface area (Å²) in [6, 6.07) is 1.40. The van der Waals surface area contributed by atoms with Gasteiger partial charge in [0.25, 0.3) is 5.69 Å². The molecule has 0 aliphatic heterocycles. The summed E-state index contributed by atoms with van der Waals surface area (Å²) in [5.41, 5.74) is 4.12. The third kappa shape index (κ3) is 8.70. The minimum Gasteiger partial charge on any atom is -0.362 e. The molecule has 8 nitrogen and oxygen atoms in total.